The van der Waals surface area contributed by atoms with Crippen molar-refractivity contribution in [2.75, 3.05) is 42.6 Å². The second-order valence-electron chi connectivity index (χ2n) is 7.64. The third-order valence-corrected chi connectivity index (χ3v) is 7.27. The number of anilines is 2. The van der Waals surface area contributed by atoms with Crippen molar-refractivity contribution in [1.29, 1.82) is 0 Å². The Labute approximate surface area is 184 Å². The van der Waals surface area contributed by atoms with E-state index < -0.39 is 0 Å². The zero-order valence-electron chi connectivity index (χ0n) is 16.3. The molecule has 0 saturated carbocycles. The number of halogens is 1. The lowest BCUT2D eigenvalue weighted by molar-refractivity contribution is 0.122. The molecule has 0 aliphatic carbocycles. The van der Waals surface area contributed by atoms with Crippen LogP contribution in [0.15, 0.2) is 53.1 Å². The maximum Gasteiger partial charge on any atom is 0.185 e. The summed E-state index contributed by atoms with van der Waals surface area (Å²) in [5, 5.41) is 1.14. The van der Waals surface area contributed by atoms with E-state index in [1.807, 2.05) is 17.5 Å². The average Bonchev–Trinajstić information content (AvgIpc) is 3.24. The van der Waals surface area contributed by atoms with Crippen LogP contribution in [-0.2, 0) is 24.1 Å². The fourth-order valence-corrected chi connectivity index (χ4v) is 5.29. The molecule has 1 fully saturated rings. The van der Waals surface area contributed by atoms with Crippen molar-refractivity contribution in [1.82, 2.24) is 4.98 Å². The van der Waals surface area contributed by atoms with Crippen molar-refractivity contribution < 1.29 is 4.74 Å². The molecule has 2 aliphatic rings. The molecule has 1 aromatic heterocycles. The van der Waals surface area contributed by atoms with E-state index in [2.05, 4.69) is 68.2 Å². The SMILES string of the molecule is Brc1ccc(Cc2cnc(N3CCc4ccc(N5CCOCC5)cc4C3)s2)cc1. The summed E-state index contributed by atoms with van der Waals surface area (Å²) < 4.78 is 6.62. The Kier molecular flexibility index (Phi) is 5.57. The highest BCUT2D eigenvalue weighted by Gasteiger charge is 2.21. The first kappa shape index (κ1) is 19.1. The molecule has 29 heavy (non-hydrogen) atoms. The summed E-state index contributed by atoms with van der Waals surface area (Å²) in [5.74, 6) is 0. The van der Waals surface area contributed by atoms with E-state index in [0.29, 0.717) is 0 Å². The third kappa shape index (κ3) is 4.34. The first-order valence-electron chi connectivity index (χ1n) is 10.1. The van der Waals surface area contributed by atoms with Gasteiger partial charge in [0.05, 0.1) is 13.2 Å². The molecule has 2 aliphatic heterocycles. The molecule has 5 rings (SSSR count). The van der Waals surface area contributed by atoms with Gasteiger partial charge in [0.25, 0.3) is 0 Å². The van der Waals surface area contributed by atoms with Crippen molar-refractivity contribution >= 4 is 38.1 Å². The standard InChI is InChI=1S/C23H24BrN3OS/c24-20-4-1-17(2-5-20)13-22-15-25-23(29-22)27-8-7-18-3-6-21(14-19(18)16-27)26-9-11-28-12-10-26/h1-6,14-15H,7-13,16H2. The molecular formula is C23H24BrN3OS. The van der Waals surface area contributed by atoms with E-state index in [9.17, 15) is 0 Å². The van der Waals surface area contributed by atoms with Crippen molar-refractivity contribution in [3.63, 3.8) is 0 Å². The predicted octanol–water partition coefficient (Wildman–Crippen LogP) is 4.90. The van der Waals surface area contributed by atoms with E-state index in [1.54, 1.807) is 0 Å². The predicted molar refractivity (Wildman–Crippen MR) is 123 cm³/mol. The molecule has 0 spiro atoms. The Hall–Kier alpha value is -1.89. The van der Waals surface area contributed by atoms with Crippen molar-refractivity contribution in [3.05, 3.63) is 74.7 Å². The van der Waals surface area contributed by atoms with Gasteiger partial charge in [-0.05, 0) is 47.4 Å². The van der Waals surface area contributed by atoms with Gasteiger partial charge >= 0.3 is 0 Å². The number of benzene rings is 2. The van der Waals surface area contributed by atoms with Crippen LogP contribution in [0.5, 0.6) is 0 Å². The van der Waals surface area contributed by atoms with Crippen LogP contribution in [0.25, 0.3) is 0 Å². The minimum Gasteiger partial charge on any atom is -0.378 e. The summed E-state index contributed by atoms with van der Waals surface area (Å²) in [6.07, 6.45) is 4.07. The molecule has 6 heteroatoms. The number of nitrogens with zero attached hydrogens (tertiary/aromatic N) is 3. The minimum absolute atomic E-state index is 0.823. The third-order valence-electron chi connectivity index (χ3n) is 5.68. The van der Waals surface area contributed by atoms with Gasteiger partial charge in [0, 0.05) is 53.8 Å². The van der Waals surface area contributed by atoms with Gasteiger partial charge in [0.1, 0.15) is 0 Å². The zero-order valence-corrected chi connectivity index (χ0v) is 18.7. The molecule has 0 N–H and O–H groups in total. The number of aromatic nitrogens is 1. The number of ether oxygens (including phenoxy) is 1. The number of thiazole rings is 1. The number of fused-ring (bicyclic) bond motifs is 1. The van der Waals surface area contributed by atoms with Gasteiger partial charge < -0.3 is 14.5 Å². The van der Waals surface area contributed by atoms with E-state index >= 15 is 0 Å². The smallest absolute Gasteiger partial charge is 0.185 e. The van der Waals surface area contributed by atoms with Gasteiger partial charge in [-0.2, -0.15) is 0 Å². The van der Waals surface area contributed by atoms with Gasteiger partial charge in [-0.15, -0.1) is 11.3 Å². The van der Waals surface area contributed by atoms with Gasteiger partial charge in [0.2, 0.25) is 0 Å². The zero-order chi connectivity index (χ0) is 19.6. The van der Waals surface area contributed by atoms with Gasteiger partial charge in [-0.1, -0.05) is 34.1 Å². The Morgan fingerprint density at radius 2 is 1.79 bits per heavy atom. The van der Waals surface area contributed by atoms with E-state index in [0.717, 1.165) is 61.8 Å². The Bertz CT molecular complexity index is 982. The van der Waals surface area contributed by atoms with Crippen molar-refractivity contribution in [2.24, 2.45) is 0 Å². The normalized spacial score (nSPS) is 16.7. The summed E-state index contributed by atoms with van der Waals surface area (Å²) in [6, 6.07) is 15.5. The lowest BCUT2D eigenvalue weighted by Crippen LogP contribution is -2.36. The van der Waals surface area contributed by atoms with Crippen LogP contribution in [-0.4, -0.2) is 37.8 Å². The molecule has 0 bridgehead atoms. The van der Waals surface area contributed by atoms with Crippen LogP contribution in [0.4, 0.5) is 10.8 Å². The molecule has 4 nitrogen and oxygen atoms in total. The number of hydrogen-bond donors (Lipinski definition) is 0. The molecule has 0 amide bonds. The quantitative estimate of drug-likeness (QED) is 0.543. The monoisotopic (exact) mass is 469 g/mol. The second kappa shape index (κ2) is 8.46. The molecule has 2 aromatic carbocycles. The summed E-state index contributed by atoms with van der Waals surface area (Å²) in [4.78, 5) is 10.9. The van der Waals surface area contributed by atoms with E-state index in [4.69, 9.17) is 9.72 Å². The van der Waals surface area contributed by atoms with Gasteiger partial charge in [-0.25, -0.2) is 4.98 Å². The Morgan fingerprint density at radius 1 is 0.966 bits per heavy atom. The summed E-state index contributed by atoms with van der Waals surface area (Å²) in [5.41, 5.74) is 5.56. The van der Waals surface area contributed by atoms with Crippen LogP contribution in [0.3, 0.4) is 0 Å². The lowest BCUT2D eigenvalue weighted by atomic mass is 9.99. The summed E-state index contributed by atoms with van der Waals surface area (Å²) >= 11 is 5.33. The topological polar surface area (TPSA) is 28.6 Å². The Morgan fingerprint density at radius 3 is 2.62 bits per heavy atom. The highest BCUT2D eigenvalue weighted by Crippen LogP contribution is 2.31. The molecule has 0 radical (unpaired) electrons. The fraction of sp³-hybridized carbons (Fsp3) is 0.348. The number of hydrogen-bond acceptors (Lipinski definition) is 5. The summed E-state index contributed by atoms with van der Waals surface area (Å²) in [6.45, 7) is 5.59. The van der Waals surface area contributed by atoms with Gasteiger partial charge in [0.15, 0.2) is 5.13 Å². The maximum atomic E-state index is 5.50. The van der Waals surface area contributed by atoms with Crippen LogP contribution in [0, 0.1) is 0 Å². The molecular weight excluding hydrogens is 446 g/mol. The Balaban J connectivity index is 1.30. The first-order chi connectivity index (χ1) is 14.2. The molecule has 0 atom stereocenters. The largest absolute Gasteiger partial charge is 0.378 e. The number of rotatable bonds is 4. The number of morpholine rings is 1. The van der Waals surface area contributed by atoms with E-state index in [-0.39, 0.29) is 0 Å². The average molecular weight is 470 g/mol. The van der Waals surface area contributed by atoms with Crippen molar-refractivity contribution in [3.8, 4) is 0 Å². The minimum atomic E-state index is 0.823. The van der Waals surface area contributed by atoms with Crippen LogP contribution in [0.1, 0.15) is 21.6 Å². The van der Waals surface area contributed by atoms with E-state index in [1.165, 1.54) is 27.3 Å². The second-order valence-corrected chi connectivity index (χ2v) is 9.65. The highest BCUT2D eigenvalue weighted by atomic mass is 79.9. The van der Waals surface area contributed by atoms with Crippen LogP contribution in [0.2, 0.25) is 0 Å². The fourth-order valence-electron chi connectivity index (χ4n) is 4.05. The van der Waals surface area contributed by atoms with Crippen molar-refractivity contribution in [2.45, 2.75) is 19.4 Å². The molecule has 3 aromatic rings. The molecule has 1 saturated heterocycles. The lowest BCUT2D eigenvalue weighted by Gasteiger charge is -2.32. The highest BCUT2D eigenvalue weighted by molar-refractivity contribution is 9.10. The van der Waals surface area contributed by atoms with Crippen LogP contribution >= 0.6 is 27.3 Å². The first-order valence-corrected chi connectivity index (χ1v) is 11.7. The molecule has 150 valence electrons. The molecule has 3 heterocycles. The maximum absolute atomic E-state index is 5.50. The molecule has 0 unspecified atom stereocenters. The van der Waals surface area contributed by atoms with Gasteiger partial charge in [-0.3, -0.25) is 0 Å². The summed E-state index contributed by atoms with van der Waals surface area (Å²) in [7, 11) is 0. The van der Waals surface area contributed by atoms with Crippen LogP contribution < -0.4 is 9.80 Å².